The highest BCUT2D eigenvalue weighted by Crippen LogP contribution is 2.26. The van der Waals surface area contributed by atoms with E-state index < -0.39 is 0 Å². The molecule has 0 radical (unpaired) electrons. The van der Waals surface area contributed by atoms with Crippen molar-refractivity contribution in [3.05, 3.63) is 29.3 Å². The molecule has 0 aromatic heterocycles. The Hall–Kier alpha value is -1.10. The minimum atomic E-state index is -0.126. The maximum absolute atomic E-state index is 9.28. The van der Waals surface area contributed by atoms with Crippen LogP contribution in [-0.4, -0.2) is 41.9 Å². The van der Waals surface area contributed by atoms with Crippen LogP contribution < -0.4 is 4.74 Å². The second kappa shape index (κ2) is 6.12. The molecular weight excluding hydrogens is 254 g/mol. The first kappa shape index (κ1) is 15.3. The van der Waals surface area contributed by atoms with Gasteiger partial charge in [-0.2, -0.15) is 0 Å². The van der Waals surface area contributed by atoms with Crippen LogP contribution in [0.1, 0.15) is 31.9 Å². The third-order valence-corrected chi connectivity index (χ3v) is 3.56. The molecular formula is C16H25NO3. The number of morpholine rings is 1. The van der Waals surface area contributed by atoms with Gasteiger partial charge in [-0.15, -0.1) is 0 Å². The fourth-order valence-corrected chi connectivity index (χ4v) is 3.00. The number of aliphatic hydroxyl groups excluding tert-OH is 1. The molecule has 1 aliphatic rings. The molecule has 0 saturated carbocycles. The molecule has 4 heteroatoms. The molecule has 1 fully saturated rings. The van der Waals surface area contributed by atoms with E-state index in [2.05, 4.69) is 25.7 Å². The zero-order valence-corrected chi connectivity index (χ0v) is 12.8. The van der Waals surface area contributed by atoms with Crippen molar-refractivity contribution >= 4 is 0 Å². The second-order valence-electron chi connectivity index (χ2n) is 6.16. The second-order valence-corrected chi connectivity index (χ2v) is 6.16. The van der Waals surface area contributed by atoms with E-state index in [1.807, 2.05) is 18.2 Å². The van der Waals surface area contributed by atoms with E-state index in [1.165, 1.54) is 0 Å². The normalized spacial score (nSPS) is 22.8. The van der Waals surface area contributed by atoms with Crippen LogP contribution in [0.2, 0.25) is 0 Å². The molecule has 2 rings (SSSR count). The lowest BCUT2D eigenvalue weighted by Crippen LogP contribution is -2.51. The third-order valence-electron chi connectivity index (χ3n) is 3.56. The van der Waals surface area contributed by atoms with E-state index in [-0.39, 0.29) is 18.3 Å². The summed E-state index contributed by atoms with van der Waals surface area (Å²) in [6.07, 6.45) is 0.228. The summed E-state index contributed by atoms with van der Waals surface area (Å²) in [6, 6.07) is 5.84. The highest BCUT2D eigenvalue weighted by molar-refractivity contribution is 5.37. The van der Waals surface area contributed by atoms with Gasteiger partial charge in [0.05, 0.1) is 25.4 Å². The summed E-state index contributed by atoms with van der Waals surface area (Å²) in [5.41, 5.74) is 1.91. The molecule has 0 spiro atoms. The van der Waals surface area contributed by atoms with Crippen molar-refractivity contribution in [1.82, 2.24) is 4.90 Å². The first-order valence-corrected chi connectivity index (χ1v) is 7.10. The van der Waals surface area contributed by atoms with Gasteiger partial charge in [0.15, 0.2) is 0 Å². The van der Waals surface area contributed by atoms with Crippen LogP contribution in [-0.2, 0) is 17.9 Å². The van der Waals surface area contributed by atoms with Crippen LogP contribution in [0.5, 0.6) is 5.75 Å². The molecule has 1 aromatic carbocycles. The fraction of sp³-hybridized carbons (Fsp3) is 0.625. The zero-order chi connectivity index (χ0) is 14.8. The fourth-order valence-electron chi connectivity index (χ4n) is 3.00. The number of nitrogens with zero attached hydrogens (tertiary/aromatic N) is 1. The van der Waals surface area contributed by atoms with Crippen LogP contribution in [0, 0.1) is 0 Å². The monoisotopic (exact) mass is 279 g/mol. The highest BCUT2D eigenvalue weighted by atomic mass is 16.5. The van der Waals surface area contributed by atoms with Crippen LogP contribution >= 0.6 is 0 Å². The number of hydrogen-bond acceptors (Lipinski definition) is 4. The Bertz CT molecular complexity index is 459. The summed E-state index contributed by atoms with van der Waals surface area (Å²) in [7, 11) is 1.68. The number of ether oxygens (including phenoxy) is 2. The van der Waals surface area contributed by atoms with Crippen molar-refractivity contribution in [2.75, 3.05) is 20.2 Å². The van der Waals surface area contributed by atoms with Crippen molar-refractivity contribution in [2.45, 2.75) is 45.6 Å². The van der Waals surface area contributed by atoms with Crippen molar-refractivity contribution in [3.63, 3.8) is 0 Å². The predicted molar refractivity (Wildman–Crippen MR) is 78.8 cm³/mol. The number of aliphatic hydroxyl groups is 1. The first-order valence-electron chi connectivity index (χ1n) is 7.10. The first-order chi connectivity index (χ1) is 9.43. The Labute approximate surface area is 121 Å². The molecule has 1 atom stereocenters. The van der Waals surface area contributed by atoms with Gasteiger partial charge in [-0.3, -0.25) is 4.90 Å². The van der Waals surface area contributed by atoms with E-state index in [0.717, 1.165) is 36.5 Å². The van der Waals surface area contributed by atoms with Gasteiger partial charge in [-0.1, -0.05) is 6.07 Å². The quantitative estimate of drug-likeness (QED) is 0.917. The Morgan fingerprint density at radius 2 is 2.20 bits per heavy atom. The molecule has 112 valence electrons. The standard InChI is InChI=1S/C16H25NO3/c1-12-8-17(11-16(2,3)20-12)9-14-7-13(10-18)5-6-15(14)19-4/h5-7,12,18H,8-11H2,1-4H3. The smallest absolute Gasteiger partial charge is 0.123 e. The molecule has 1 aromatic rings. The molecule has 1 saturated heterocycles. The number of hydrogen-bond donors (Lipinski definition) is 1. The van der Waals surface area contributed by atoms with Gasteiger partial charge < -0.3 is 14.6 Å². The molecule has 0 bridgehead atoms. The molecule has 0 amide bonds. The number of rotatable bonds is 4. The molecule has 20 heavy (non-hydrogen) atoms. The van der Waals surface area contributed by atoms with E-state index in [1.54, 1.807) is 7.11 Å². The SMILES string of the molecule is COc1ccc(CO)cc1CN1CC(C)OC(C)(C)C1. The van der Waals surface area contributed by atoms with Crippen LogP contribution in [0.4, 0.5) is 0 Å². The van der Waals surface area contributed by atoms with Crippen molar-refractivity contribution in [3.8, 4) is 5.75 Å². The van der Waals surface area contributed by atoms with Gasteiger partial charge in [0, 0.05) is 25.2 Å². The number of benzene rings is 1. The van der Waals surface area contributed by atoms with Crippen molar-refractivity contribution in [1.29, 1.82) is 0 Å². The maximum Gasteiger partial charge on any atom is 0.123 e. The van der Waals surface area contributed by atoms with Gasteiger partial charge in [0.1, 0.15) is 5.75 Å². The van der Waals surface area contributed by atoms with Crippen molar-refractivity contribution in [2.24, 2.45) is 0 Å². The lowest BCUT2D eigenvalue weighted by atomic mass is 10.0. The lowest BCUT2D eigenvalue weighted by molar-refractivity contribution is -0.130. The molecule has 4 nitrogen and oxygen atoms in total. The van der Waals surface area contributed by atoms with E-state index in [0.29, 0.717) is 0 Å². The average Bonchev–Trinajstić information content (AvgIpc) is 2.36. The van der Waals surface area contributed by atoms with E-state index in [9.17, 15) is 5.11 Å². The molecule has 0 aliphatic carbocycles. The summed E-state index contributed by atoms with van der Waals surface area (Å²) in [5.74, 6) is 0.874. The molecule has 1 aliphatic heterocycles. The predicted octanol–water partition coefficient (Wildman–Crippen LogP) is 2.19. The van der Waals surface area contributed by atoms with Gasteiger partial charge in [0.2, 0.25) is 0 Å². The van der Waals surface area contributed by atoms with Crippen LogP contribution in [0.15, 0.2) is 18.2 Å². The van der Waals surface area contributed by atoms with Crippen molar-refractivity contribution < 1.29 is 14.6 Å². The van der Waals surface area contributed by atoms with E-state index >= 15 is 0 Å². The molecule has 1 unspecified atom stereocenters. The van der Waals surface area contributed by atoms with Gasteiger partial charge in [-0.25, -0.2) is 0 Å². The summed E-state index contributed by atoms with van der Waals surface area (Å²) in [6.45, 7) is 9.03. The van der Waals surface area contributed by atoms with Crippen LogP contribution in [0.25, 0.3) is 0 Å². The maximum atomic E-state index is 9.28. The van der Waals surface area contributed by atoms with Gasteiger partial charge in [-0.05, 0) is 38.5 Å². The van der Waals surface area contributed by atoms with Gasteiger partial charge in [0.25, 0.3) is 0 Å². The number of methoxy groups -OCH3 is 1. The van der Waals surface area contributed by atoms with Gasteiger partial charge >= 0.3 is 0 Å². The summed E-state index contributed by atoms with van der Waals surface area (Å²) in [4.78, 5) is 2.38. The topological polar surface area (TPSA) is 41.9 Å². The summed E-state index contributed by atoms with van der Waals surface area (Å²) >= 11 is 0. The summed E-state index contributed by atoms with van der Waals surface area (Å²) < 4.78 is 11.4. The molecule has 1 heterocycles. The van der Waals surface area contributed by atoms with Crippen LogP contribution in [0.3, 0.4) is 0 Å². The minimum Gasteiger partial charge on any atom is -0.496 e. The lowest BCUT2D eigenvalue weighted by Gasteiger charge is -2.41. The average molecular weight is 279 g/mol. The Morgan fingerprint density at radius 1 is 1.45 bits per heavy atom. The third kappa shape index (κ3) is 3.72. The summed E-state index contributed by atoms with van der Waals surface area (Å²) in [5, 5.41) is 9.28. The Kier molecular flexibility index (Phi) is 4.68. The zero-order valence-electron chi connectivity index (χ0n) is 12.8. The molecule has 1 N–H and O–H groups in total. The largest absolute Gasteiger partial charge is 0.496 e. The Balaban J connectivity index is 2.16. The highest BCUT2D eigenvalue weighted by Gasteiger charge is 2.31. The van der Waals surface area contributed by atoms with E-state index in [4.69, 9.17) is 9.47 Å². The Morgan fingerprint density at radius 3 is 2.80 bits per heavy atom. The minimum absolute atomic E-state index is 0.0575.